The smallest absolute Gasteiger partial charge is 0.357 e. The number of nitrogens with zero attached hydrogens (tertiary/aromatic N) is 3. The zero-order chi connectivity index (χ0) is 18.3. The van der Waals surface area contributed by atoms with Crippen molar-refractivity contribution in [2.45, 2.75) is 38.9 Å². The van der Waals surface area contributed by atoms with Crippen molar-refractivity contribution in [3.63, 3.8) is 0 Å². The van der Waals surface area contributed by atoms with Crippen LogP contribution >= 0.6 is 35.3 Å². The van der Waals surface area contributed by atoms with Crippen LogP contribution in [0.5, 0.6) is 0 Å². The Hall–Kier alpha value is -1.11. The molecular weight excluding hydrogens is 482 g/mol. The van der Waals surface area contributed by atoms with Crippen LogP contribution in [0, 0.1) is 0 Å². The van der Waals surface area contributed by atoms with Crippen LogP contribution in [0.2, 0.25) is 0 Å². The van der Waals surface area contributed by atoms with Crippen LogP contribution in [-0.4, -0.2) is 47.9 Å². The summed E-state index contributed by atoms with van der Waals surface area (Å²) in [6.45, 7) is 4.10. The van der Waals surface area contributed by atoms with Crippen LogP contribution < -0.4 is 10.6 Å². The Morgan fingerprint density at radius 1 is 1.31 bits per heavy atom. The van der Waals surface area contributed by atoms with E-state index >= 15 is 0 Å². The molecular formula is C15H23F3IN5OS. The summed E-state index contributed by atoms with van der Waals surface area (Å²) in [5, 5.41) is 7.17. The van der Waals surface area contributed by atoms with E-state index in [0.717, 1.165) is 49.1 Å². The largest absolute Gasteiger partial charge is 0.434 e. The first-order chi connectivity index (χ1) is 11.9. The molecule has 2 heterocycles. The van der Waals surface area contributed by atoms with Crippen LogP contribution in [-0.2, 0) is 17.5 Å². The first-order valence-electron chi connectivity index (χ1n) is 8.21. The van der Waals surface area contributed by atoms with Crippen molar-refractivity contribution >= 4 is 47.2 Å². The molecule has 11 heteroatoms. The van der Waals surface area contributed by atoms with Crippen molar-refractivity contribution in [3.8, 4) is 0 Å². The quantitative estimate of drug-likeness (QED) is 0.367. The lowest BCUT2D eigenvalue weighted by molar-refractivity contribution is -0.140. The Kier molecular flexibility index (Phi) is 9.61. The van der Waals surface area contributed by atoms with E-state index in [1.165, 1.54) is 0 Å². The molecule has 0 spiro atoms. The molecule has 0 atom stereocenters. The van der Waals surface area contributed by atoms with Gasteiger partial charge in [-0.1, -0.05) is 0 Å². The maximum absolute atomic E-state index is 12.6. The second-order valence-electron chi connectivity index (χ2n) is 5.61. The number of guanidine groups is 1. The zero-order valence-corrected chi connectivity index (χ0v) is 17.6. The molecule has 1 aromatic heterocycles. The van der Waals surface area contributed by atoms with E-state index in [9.17, 15) is 18.0 Å². The number of nitrogens with one attached hydrogen (secondary N) is 2. The van der Waals surface area contributed by atoms with Gasteiger partial charge in [-0.05, 0) is 26.2 Å². The number of alkyl halides is 3. The third-order valence-corrected chi connectivity index (χ3v) is 4.52. The van der Waals surface area contributed by atoms with Gasteiger partial charge in [0, 0.05) is 25.0 Å². The number of rotatable bonds is 5. The summed E-state index contributed by atoms with van der Waals surface area (Å²) in [5.41, 5.74) is -0.892. The van der Waals surface area contributed by atoms with Crippen molar-refractivity contribution in [3.05, 3.63) is 16.1 Å². The summed E-state index contributed by atoms with van der Waals surface area (Å²) in [5.74, 6) is 0.349. The highest BCUT2D eigenvalue weighted by atomic mass is 127. The highest BCUT2D eigenvalue weighted by Crippen LogP contribution is 2.29. The van der Waals surface area contributed by atoms with Gasteiger partial charge < -0.3 is 15.5 Å². The minimum atomic E-state index is -4.44. The SMILES string of the molecule is CCNC(=NCC(=O)N1CCCCC1)NCc1nc(C(F)(F)F)cs1.I. The number of hydrogen-bond donors (Lipinski definition) is 2. The molecule has 2 rings (SSSR count). The maximum atomic E-state index is 12.6. The molecule has 0 aromatic carbocycles. The molecule has 148 valence electrons. The fraction of sp³-hybridized carbons (Fsp3) is 0.667. The predicted molar refractivity (Wildman–Crippen MR) is 106 cm³/mol. The Balaban J connectivity index is 0.00000338. The number of carbonyl (C=O) groups is 1. The van der Waals surface area contributed by atoms with Gasteiger partial charge in [-0.2, -0.15) is 13.2 Å². The van der Waals surface area contributed by atoms with Crippen molar-refractivity contribution in [1.82, 2.24) is 20.5 Å². The second-order valence-corrected chi connectivity index (χ2v) is 6.56. The number of aromatic nitrogens is 1. The van der Waals surface area contributed by atoms with E-state index in [-0.39, 0.29) is 43.0 Å². The molecule has 0 unspecified atom stereocenters. The summed E-state index contributed by atoms with van der Waals surface area (Å²) >= 11 is 0.932. The van der Waals surface area contributed by atoms with Gasteiger partial charge in [0.15, 0.2) is 11.7 Å². The number of halogens is 4. The fourth-order valence-corrected chi connectivity index (χ4v) is 3.15. The third kappa shape index (κ3) is 7.25. The van der Waals surface area contributed by atoms with E-state index in [4.69, 9.17) is 0 Å². The highest BCUT2D eigenvalue weighted by molar-refractivity contribution is 14.0. The molecule has 0 radical (unpaired) electrons. The number of carbonyl (C=O) groups excluding carboxylic acids is 1. The van der Waals surface area contributed by atoms with Gasteiger partial charge in [-0.25, -0.2) is 9.98 Å². The summed E-state index contributed by atoms with van der Waals surface area (Å²) in [6, 6.07) is 0. The summed E-state index contributed by atoms with van der Waals surface area (Å²) in [7, 11) is 0. The third-order valence-electron chi connectivity index (χ3n) is 3.67. The second kappa shape index (κ2) is 10.9. The number of aliphatic imine (C=N–C) groups is 1. The Labute approximate surface area is 171 Å². The molecule has 2 N–H and O–H groups in total. The average molecular weight is 505 g/mol. The van der Waals surface area contributed by atoms with Gasteiger partial charge in [0.25, 0.3) is 0 Å². The number of hydrogen-bond acceptors (Lipinski definition) is 4. The predicted octanol–water partition coefficient (Wildman–Crippen LogP) is 2.85. The molecule has 1 saturated heterocycles. The first-order valence-corrected chi connectivity index (χ1v) is 9.09. The Bertz CT molecular complexity index is 602. The number of thiazole rings is 1. The van der Waals surface area contributed by atoms with Crippen LogP contribution in [0.15, 0.2) is 10.4 Å². The molecule has 1 fully saturated rings. The summed E-state index contributed by atoms with van der Waals surface area (Å²) < 4.78 is 37.7. The molecule has 0 saturated carbocycles. The monoisotopic (exact) mass is 505 g/mol. The van der Waals surface area contributed by atoms with Gasteiger partial charge in [0.2, 0.25) is 5.91 Å². The lowest BCUT2D eigenvalue weighted by Gasteiger charge is -2.26. The topological polar surface area (TPSA) is 69.6 Å². The number of likely N-dealkylation sites (tertiary alicyclic amines) is 1. The molecule has 1 aliphatic rings. The lowest BCUT2D eigenvalue weighted by atomic mass is 10.1. The Morgan fingerprint density at radius 2 is 2.00 bits per heavy atom. The van der Waals surface area contributed by atoms with Crippen LogP contribution in [0.25, 0.3) is 0 Å². The van der Waals surface area contributed by atoms with Crippen molar-refractivity contribution < 1.29 is 18.0 Å². The van der Waals surface area contributed by atoms with Crippen LogP contribution in [0.3, 0.4) is 0 Å². The van der Waals surface area contributed by atoms with E-state index in [1.807, 2.05) is 6.92 Å². The van der Waals surface area contributed by atoms with Crippen molar-refractivity contribution in [2.75, 3.05) is 26.2 Å². The van der Waals surface area contributed by atoms with E-state index < -0.39 is 11.9 Å². The van der Waals surface area contributed by atoms with E-state index in [1.54, 1.807) is 4.90 Å². The van der Waals surface area contributed by atoms with Gasteiger partial charge >= 0.3 is 6.18 Å². The molecule has 6 nitrogen and oxygen atoms in total. The molecule has 1 aromatic rings. The standard InChI is InChI=1S/C15H22F3N5OS.HI/c1-2-19-14(21-9-13(24)23-6-4-3-5-7-23)20-8-12-22-11(10-25-12)15(16,17)18;/h10H,2-9H2,1H3,(H2,19,20,21);1H. The van der Waals surface area contributed by atoms with Gasteiger partial charge in [0.05, 0.1) is 6.54 Å². The van der Waals surface area contributed by atoms with E-state index in [2.05, 4.69) is 20.6 Å². The first kappa shape index (κ1) is 22.9. The van der Waals surface area contributed by atoms with Crippen LogP contribution in [0.4, 0.5) is 13.2 Å². The van der Waals surface area contributed by atoms with Gasteiger partial charge in [0.1, 0.15) is 11.6 Å². The lowest BCUT2D eigenvalue weighted by Crippen LogP contribution is -2.40. The zero-order valence-electron chi connectivity index (χ0n) is 14.4. The van der Waals surface area contributed by atoms with Crippen LogP contribution in [0.1, 0.15) is 36.9 Å². The average Bonchev–Trinajstić information content (AvgIpc) is 3.07. The van der Waals surface area contributed by atoms with Gasteiger partial charge in [-0.3, -0.25) is 4.79 Å². The van der Waals surface area contributed by atoms with E-state index in [0.29, 0.717) is 17.5 Å². The summed E-state index contributed by atoms with van der Waals surface area (Å²) in [4.78, 5) is 21.7. The molecule has 1 amide bonds. The highest BCUT2D eigenvalue weighted by Gasteiger charge is 2.33. The molecule has 1 aliphatic heterocycles. The minimum absolute atomic E-state index is 0. The number of piperidine rings is 1. The van der Waals surface area contributed by atoms with Crippen molar-refractivity contribution in [2.24, 2.45) is 4.99 Å². The normalized spacial score (nSPS) is 15.4. The summed E-state index contributed by atoms with van der Waals surface area (Å²) in [6.07, 6.45) is -1.27. The molecule has 0 aliphatic carbocycles. The molecule has 26 heavy (non-hydrogen) atoms. The fourth-order valence-electron chi connectivity index (χ4n) is 2.41. The van der Waals surface area contributed by atoms with Crippen molar-refractivity contribution in [1.29, 1.82) is 0 Å². The maximum Gasteiger partial charge on any atom is 0.434 e. The van der Waals surface area contributed by atoms with Gasteiger partial charge in [-0.15, -0.1) is 35.3 Å². The minimum Gasteiger partial charge on any atom is -0.357 e. The molecule has 0 bridgehead atoms. The Morgan fingerprint density at radius 3 is 2.58 bits per heavy atom. The number of amides is 1.